The molecule has 1 aliphatic rings. The lowest BCUT2D eigenvalue weighted by molar-refractivity contribution is -0.118. The lowest BCUT2D eigenvalue weighted by Gasteiger charge is -2.24. The van der Waals surface area contributed by atoms with Crippen molar-refractivity contribution in [3.63, 3.8) is 0 Å². The van der Waals surface area contributed by atoms with Crippen LogP contribution in [0.5, 0.6) is 11.5 Å². The second-order valence-electron chi connectivity index (χ2n) is 8.65. The van der Waals surface area contributed by atoms with Gasteiger partial charge in [-0.15, -0.1) is 0 Å². The molecule has 9 nitrogen and oxygen atoms in total. The van der Waals surface area contributed by atoms with Crippen LogP contribution in [0.2, 0.25) is 0 Å². The predicted octanol–water partition coefficient (Wildman–Crippen LogP) is 3.52. The SMILES string of the molecule is CCCCCc1cc(O)c(C2C=C(C)CCC2)c(O)c1S(=O)(=O)NC(=O)Cc1nc(C)n[nH]1. The second-order valence-corrected chi connectivity index (χ2v) is 10.3. The standard InChI is InChI=1S/C23H32N4O5S/c1-4-5-6-9-17-12-18(28)21(16-10-7-8-14(2)11-16)22(30)23(17)33(31,32)27-20(29)13-19-24-15(3)25-26-19/h11-12,16,28,30H,4-10,13H2,1-3H3,(H,27,29)(H,24,25,26). The fourth-order valence-corrected chi connectivity index (χ4v) is 5.66. The molecule has 0 spiro atoms. The minimum atomic E-state index is -4.41. The van der Waals surface area contributed by atoms with Crippen molar-refractivity contribution in [2.24, 2.45) is 0 Å². The van der Waals surface area contributed by atoms with Crippen LogP contribution in [0, 0.1) is 6.92 Å². The first-order valence-electron chi connectivity index (χ1n) is 11.3. The van der Waals surface area contributed by atoms with Crippen molar-refractivity contribution in [3.8, 4) is 11.5 Å². The molecule has 3 rings (SSSR count). The number of hydrogen-bond acceptors (Lipinski definition) is 7. The number of nitrogens with one attached hydrogen (secondary N) is 2. The molecule has 1 aromatic heterocycles. The molecule has 0 saturated carbocycles. The largest absolute Gasteiger partial charge is 0.507 e. The van der Waals surface area contributed by atoms with E-state index in [-0.39, 0.29) is 39.9 Å². The number of phenols is 2. The van der Waals surface area contributed by atoms with Gasteiger partial charge in [0.25, 0.3) is 10.0 Å². The highest BCUT2D eigenvalue weighted by Gasteiger charge is 2.31. The molecule has 0 fully saturated rings. The predicted molar refractivity (Wildman–Crippen MR) is 124 cm³/mol. The third-order valence-corrected chi connectivity index (χ3v) is 7.32. The van der Waals surface area contributed by atoms with E-state index in [0.29, 0.717) is 25.1 Å². The first-order valence-corrected chi connectivity index (χ1v) is 12.8. The maximum absolute atomic E-state index is 13.3. The van der Waals surface area contributed by atoms with Crippen molar-refractivity contribution < 1.29 is 23.4 Å². The third-order valence-electron chi connectivity index (χ3n) is 5.83. The van der Waals surface area contributed by atoms with E-state index in [0.717, 1.165) is 31.3 Å². The summed E-state index contributed by atoms with van der Waals surface area (Å²) in [5, 5.41) is 28.3. The molecule has 1 atom stereocenters. The molecule has 0 radical (unpaired) electrons. The van der Waals surface area contributed by atoms with Gasteiger partial charge in [-0.25, -0.2) is 18.1 Å². The quantitative estimate of drug-likeness (QED) is 0.320. The first-order chi connectivity index (χ1) is 15.6. The van der Waals surface area contributed by atoms with E-state index in [9.17, 15) is 23.4 Å². The number of aromatic hydroxyl groups is 2. The van der Waals surface area contributed by atoms with Crippen molar-refractivity contribution in [2.75, 3.05) is 0 Å². The number of phenolic OH excluding ortho intramolecular Hbond substituents is 2. The average Bonchev–Trinajstić information content (AvgIpc) is 3.11. The molecule has 0 saturated heterocycles. The Morgan fingerprint density at radius 2 is 2.03 bits per heavy atom. The minimum Gasteiger partial charge on any atom is -0.507 e. The summed E-state index contributed by atoms with van der Waals surface area (Å²) in [6, 6.07) is 1.42. The molecule has 10 heteroatoms. The Morgan fingerprint density at radius 3 is 2.67 bits per heavy atom. The van der Waals surface area contributed by atoms with Gasteiger partial charge in [-0.1, -0.05) is 31.4 Å². The van der Waals surface area contributed by atoms with Crippen molar-refractivity contribution in [1.29, 1.82) is 0 Å². The van der Waals surface area contributed by atoms with E-state index in [2.05, 4.69) is 15.2 Å². The highest BCUT2D eigenvalue weighted by Crippen LogP contribution is 2.45. The molecule has 180 valence electrons. The molecule has 0 bridgehead atoms. The number of benzene rings is 1. The lowest BCUT2D eigenvalue weighted by Crippen LogP contribution is -2.33. The van der Waals surface area contributed by atoms with Gasteiger partial charge in [-0.3, -0.25) is 9.89 Å². The molecule has 1 aromatic carbocycles. The molecule has 0 aliphatic heterocycles. The number of aromatic amines is 1. The van der Waals surface area contributed by atoms with Crippen LogP contribution >= 0.6 is 0 Å². The van der Waals surface area contributed by atoms with E-state index in [1.165, 1.54) is 6.07 Å². The molecular weight excluding hydrogens is 444 g/mol. The van der Waals surface area contributed by atoms with Crippen LogP contribution < -0.4 is 4.72 Å². The van der Waals surface area contributed by atoms with E-state index in [4.69, 9.17) is 0 Å². The number of amides is 1. The Morgan fingerprint density at radius 1 is 1.27 bits per heavy atom. The number of aryl methyl sites for hydroxylation is 2. The van der Waals surface area contributed by atoms with Gasteiger partial charge < -0.3 is 10.2 Å². The van der Waals surface area contributed by atoms with Gasteiger partial charge in [-0.05, 0) is 57.6 Å². The van der Waals surface area contributed by atoms with Crippen LogP contribution in [0.25, 0.3) is 0 Å². The van der Waals surface area contributed by atoms with Crippen LogP contribution in [0.3, 0.4) is 0 Å². The highest BCUT2D eigenvalue weighted by molar-refractivity contribution is 7.90. The summed E-state index contributed by atoms with van der Waals surface area (Å²) in [5.74, 6) is -1.04. The van der Waals surface area contributed by atoms with E-state index in [1.54, 1.807) is 6.92 Å². The van der Waals surface area contributed by atoms with Crippen molar-refractivity contribution >= 4 is 15.9 Å². The van der Waals surface area contributed by atoms with E-state index in [1.807, 2.05) is 24.6 Å². The first kappa shape index (κ1) is 24.8. The van der Waals surface area contributed by atoms with Crippen molar-refractivity contribution in [2.45, 2.75) is 83.0 Å². The number of carbonyl (C=O) groups excluding carboxylic acids is 1. The Bertz CT molecular complexity index is 1150. The Hall–Kier alpha value is -2.88. The fourth-order valence-electron chi connectivity index (χ4n) is 4.32. The number of sulfonamides is 1. The molecule has 1 aliphatic carbocycles. The van der Waals surface area contributed by atoms with Gasteiger partial charge in [0.05, 0.1) is 6.42 Å². The Kier molecular flexibility index (Phi) is 7.78. The zero-order valence-electron chi connectivity index (χ0n) is 19.3. The fraction of sp³-hybridized carbons (Fsp3) is 0.522. The molecule has 1 unspecified atom stereocenters. The van der Waals surface area contributed by atoms with Crippen LogP contribution in [0.4, 0.5) is 0 Å². The second kappa shape index (κ2) is 10.4. The van der Waals surface area contributed by atoms with Crippen LogP contribution in [0.1, 0.15) is 81.1 Å². The molecule has 1 heterocycles. The average molecular weight is 477 g/mol. The molecular formula is C23H32N4O5S. The number of unbranched alkanes of at least 4 members (excludes halogenated alkanes) is 2. The van der Waals surface area contributed by atoms with E-state index >= 15 is 0 Å². The number of aromatic nitrogens is 3. The highest BCUT2D eigenvalue weighted by atomic mass is 32.2. The number of hydrogen-bond donors (Lipinski definition) is 4. The van der Waals surface area contributed by atoms with Crippen LogP contribution in [-0.4, -0.2) is 39.7 Å². The molecule has 4 N–H and O–H groups in total. The summed E-state index contributed by atoms with van der Waals surface area (Å²) < 4.78 is 28.6. The number of rotatable bonds is 9. The zero-order valence-corrected chi connectivity index (χ0v) is 20.1. The minimum absolute atomic E-state index is 0.127. The molecule has 1 amide bonds. The van der Waals surface area contributed by atoms with Crippen LogP contribution in [0.15, 0.2) is 22.6 Å². The van der Waals surface area contributed by atoms with Crippen molar-refractivity contribution in [1.82, 2.24) is 19.9 Å². The topological polar surface area (TPSA) is 145 Å². The summed E-state index contributed by atoms with van der Waals surface area (Å²) in [4.78, 5) is 16.2. The summed E-state index contributed by atoms with van der Waals surface area (Å²) in [6.45, 7) is 5.65. The smallest absolute Gasteiger partial charge is 0.268 e. The zero-order chi connectivity index (χ0) is 24.2. The summed E-state index contributed by atoms with van der Waals surface area (Å²) in [7, 11) is -4.41. The maximum atomic E-state index is 13.3. The summed E-state index contributed by atoms with van der Waals surface area (Å²) in [5.41, 5.74) is 1.60. The number of carbonyl (C=O) groups is 1. The Labute approximate surface area is 194 Å². The number of allylic oxidation sites excluding steroid dienone is 2. The van der Waals surface area contributed by atoms with Gasteiger partial charge >= 0.3 is 0 Å². The van der Waals surface area contributed by atoms with Gasteiger partial charge in [0.1, 0.15) is 28.0 Å². The number of nitrogens with zero attached hydrogens (tertiary/aromatic N) is 2. The lowest BCUT2D eigenvalue weighted by atomic mass is 9.84. The summed E-state index contributed by atoms with van der Waals surface area (Å²) in [6.07, 6.45) is 6.96. The third kappa shape index (κ3) is 5.93. The molecule has 2 aromatic rings. The van der Waals surface area contributed by atoms with Gasteiger partial charge in [-0.2, -0.15) is 5.10 Å². The maximum Gasteiger partial charge on any atom is 0.268 e. The van der Waals surface area contributed by atoms with Gasteiger partial charge in [0.15, 0.2) is 0 Å². The van der Waals surface area contributed by atoms with Gasteiger partial charge in [0.2, 0.25) is 5.91 Å². The van der Waals surface area contributed by atoms with Crippen LogP contribution in [-0.2, 0) is 27.7 Å². The van der Waals surface area contributed by atoms with Gasteiger partial charge in [0, 0.05) is 11.5 Å². The normalized spacial score (nSPS) is 16.5. The Balaban J connectivity index is 2.01. The van der Waals surface area contributed by atoms with Crippen molar-refractivity contribution in [3.05, 3.63) is 40.5 Å². The summed E-state index contributed by atoms with van der Waals surface area (Å²) >= 11 is 0. The van der Waals surface area contributed by atoms with E-state index < -0.39 is 21.7 Å². The molecule has 33 heavy (non-hydrogen) atoms. The number of H-pyrrole nitrogens is 1. The monoisotopic (exact) mass is 476 g/mol.